The van der Waals surface area contributed by atoms with E-state index in [0.717, 1.165) is 11.5 Å². The zero-order chi connectivity index (χ0) is 9.97. The Bertz CT molecular complexity index is 482. The molecule has 0 saturated heterocycles. The van der Waals surface area contributed by atoms with Crippen molar-refractivity contribution in [2.45, 2.75) is 0 Å². The Hall–Kier alpha value is -2.03. The second kappa shape index (κ2) is 3.38. The van der Waals surface area contributed by atoms with Gasteiger partial charge in [0.25, 0.3) is 0 Å². The van der Waals surface area contributed by atoms with Gasteiger partial charge in [-0.25, -0.2) is 4.79 Å². The molecule has 1 heterocycles. The molecule has 14 heavy (non-hydrogen) atoms. The van der Waals surface area contributed by atoms with Gasteiger partial charge in [-0.1, -0.05) is 6.58 Å². The van der Waals surface area contributed by atoms with E-state index in [1.807, 2.05) is 12.1 Å². The third kappa shape index (κ3) is 1.52. The van der Waals surface area contributed by atoms with Crippen LogP contribution >= 0.6 is 0 Å². The molecule has 1 aromatic carbocycles. The van der Waals surface area contributed by atoms with Crippen LogP contribution in [0.5, 0.6) is 5.75 Å². The van der Waals surface area contributed by atoms with E-state index < -0.39 is 5.97 Å². The third-order valence-electron chi connectivity index (χ3n) is 1.81. The zero-order valence-corrected chi connectivity index (χ0v) is 7.40. The van der Waals surface area contributed by atoms with Crippen LogP contribution < -0.4 is 4.74 Å². The van der Waals surface area contributed by atoms with E-state index >= 15 is 0 Å². The van der Waals surface area contributed by atoms with Crippen LogP contribution in [-0.2, 0) is 4.79 Å². The summed E-state index contributed by atoms with van der Waals surface area (Å²) < 4.78 is 10.1. The first-order chi connectivity index (χ1) is 6.79. The van der Waals surface area contributed by atoms with Crippen molar-refractivity contribution >= 4 is 16.9 Å². The van der Waals surface area contributed by atoms with Crippen molar-refractivity contribution in [3.05, 3.63) is 43.2 Å². The van der Waals surface area contributed by atoms with Crippen molar-refractivity contribution < 1.29 is 13.9 Å². The van der Waals surface area contributed by atoms with Crippen molar-refractivity contribution in [1.29, 1.82) is 0 Å². The summed E-state index contributed by atoms with van der Waals surface area (Å²) >= 11 is 0. The summed E-state index contributed by atoms with van der Waals surface area (Å²) in [7, 11) is 0. The van der Waals surface area contributed by atoms with Crippen LogP contribution in [0.1, 0.15) is 0 Å². The third-order valence-corrected chi connectivity index (χ3v) is 1.81. The van der Waals surface area contributed by atoms with Gasteiger partial charge in [0.2, 0.25) is 0 Å². The number of esters is 1. The van der Waals surface area contributed by atoms with E-state index in [9.17, 15) is 4.79 Å². The fourth-order valence-electron chi connectivity index (χ4n) is 1.16. The first-order valence-electron chi connectivity index (χ1n) is 4.11. The Balaban J connectivity index is 2.34. The topological polar surface area (TPSA) is 39.4 Å². The lowest BCUT2D eigenvalue weighted by atomic mass is 10.2. The number of carbonyl (C=O) groups excluding carboxylic acids is 1. The fourth-order valence-corrected chi connectivity index (χ4v) is 1.16. The van der Waals surface area contributed by atoms with Gasteiger partial charge in [0.1, 0.15) is 11.3 Å². The monoisotopic (exact) mass is 188 g/mol. The van der Waals surface area contributed by atoms with Gasteiger partial charge in [-0.15, -0.1) is 0 Å². The second-order valence-corrected chi connectivity index (χ2v) is 2.75. The van der Waals surface area contributed by atoms with Crippen LogP contribution in [0.3, 0.4) is 0 Å². The van der Waals surface area contributed by atoms with Gasteiger partial charge in [-0.3, -0.25) is 0 Å². The SMILES string of the molecule is C=CC(=O)Oc1ccc2ccoc2c1. The summed E-state index contributed by atoms with van der Waals surface area (Å²) in [5.74, 6) is -0.0201. The molecule has 0 N–H and O–H groups in total. The normalized spacial score (nSPS) is 10.0. The predicted molar refractivity (Wildman–Crippen MR) is 52.0 cm³/mol. The number of rotatable bonds is 2. The largest absolute Gasteiger partial charge is 0.464 e. The van der Waals surface area contributed by atoms with Crippen molar-refractivity contribution in [3.8, 4) is 5.75 Å². The zero-order valence-electron chi connectivity index (χ0n) is 7.40. The molecule has 3 heteroatoms. The Labute approximate surface area is 80.6 Å². The average molecular weight is 188 g/mol. The van der Waals surface area contributed by atoms with Gasteiger partial charge < -0.3 is 9.15 Å². The minimum atomic E-state index is -0.476. The molecule has 0 saturated carbocycles. The summed E-state index contributed by atoms with van der Waals surface area (Å²) in [5.41, 5.74) is 0.694. The average Bonchev–Trinajstić information content (AvgIpc) is 2.64. The molecule has 0 aliphatic rings. The number of benzene rings is 1. The Kier molecular flexibility index (Phi) is 2.07. The lowest BCUT2D eigenvalue weighted by Crippen LogP contribution is -2.02. The minimum absolute atomic E-state index is 0.456. The van der Waals surface area contributed by atoms with Gasteiger partial charge in [0.05, 0.1) is 6.26 Å². The predicted octanol–water partition coefficient (Wildman–Crippen LogP) is 2.52. The first-order valence-corrected chi connectivity index (χ1v) is 4.11. The molecule has 0 aliphatic heterocycles. The lowest BCUT2D eigenvalue weighted by Gasteiger charge is -1.99. The van der Waals surface area contributed by atoms with Crippen LogP contribution in [0.25, 0.3) is 11.0 Å². The highest BCUT2D eigenvalue weighted by atomic mass is 16.5. The van der Waals surface area contributed by atoms with Gasteiger partial charge >= 0.3 is 5.97 Å². The van der Waals surface area contributed by atoms with Gasteiger partial charge in [0, 0.05) is 17.5 Å². The Morgan fingerprint density at radius 3 is 3.07 bits per heavy atom. The molecule has 0 amide bonds. The van der Waals surface area contributed by atoms with E-state index in [1.54, 1.807) is 18.4 Å². The number of furan rings is 1. The number of fused-ring (bicyclic) bond motifs is 1. The highest BCUT2D eigenvalue weighted by Gasteiger charge is 2.02. The van der Waals surface area contributed by atoms with Crippen LogP contribution in [-0.4, -0.2) is 5.97 Å². The number of carbonyl (C=O) groups is 1. The minimum Gasteiger partial charge on any atom is -0.464 e. The number of ether oxygens (including phenoxy) is 1. The van der Waals surface area contributed by atoms with Crippen LogP contribution in [0.15, 0.2) is 47.6 Å². The molecule has 0 atom stereocenters. The van der Waals surface area contributed by atoms with E-state index in [-0.39, 0.29) is 0 Å². The molecule has 70 valence electrons. The summed E-state index contributed by atoms with van der Waals surface area (Å²) in [4.78, 5) is 10.9. The summed E-state index contributed by atoms with van der Waals surface area (Å²) in [5, 5.41) is 0.975. The summed E-state index contributed by atoms with van der Waals surface area (Å²) in [6, 6.07) is 7.04. The van der Waals surface area contributed by atoms with Crippen LogP contribution in [0, 0.1) is 0 Å². The van der Waals surface area contributed by atoms with Crippen molar-refractivity contribution in [3.63, 3.8) is 0 Å². The van der Waals surface area contributed by atoms with Gasteiger partial charge in [0.15, 0.2) is 0 Å². The molecule has 0 spiro atoms. The maximum absolute atomic E-state index is 10.9. The first kappa shape index (κ1) is 8.56. The van der Waals surface area contributed by atoms with E-state index in [1.165, 1.54) is 0 Å². The Morgan fingerprint density at radius 2 is 2.29 bits per heavy atom. The molecule has 2 aromatic rings. The Morgan fingerprint density at radius 1 is 1.43 bits per heavy atom. The highest BCUT2D eigenvalue weighted by Crippen LogP contribution is 2.21. The fraction of sp³-hybridized carbons (Fsp3) is 0. The number of hydrogen-bond donors (Lipinski definition) is 0. The molecule has 0 unspecified atom stereocenters. The van der Waals surface area contributed by atoms with Crippen molar-refractivity contribution in [2.24, 2.45) is 0 Å². The standard InChI is InChI=1S/C11H8O3/c1-2-11(12)14-9-4-3-8-5-6-13-10(8)7-9/h2-7H,1H2. The molecule has 0 aliphatic carbocycles. The molecular weight excluding hydrogens is 180 g/mol. The summed E-state index contributed by atoms with van der Waals surface area (Å²) in [6.07, 6.45) is 2.70. The molecular formula is C11H8O3. The molecule has 0 radical (unpaired) electrons. The van der Waals surface area contributed by atoms with Crippen molar-refractivity contribution in [2.75, 3.05) is 0 Å². The van der Waals surface area contributed by atoms with E-state index in [4.69, 9.17) is 9.15 Å². The highest BCUT2D eigenvalue weighted by molar-refractivity contribution is 5.85. The van der Waals surface area contributed by atoms with E-state index in [2.05, 4.69) is 6.58 Å². The number of hydrogen-bond acceptors (Lipinski definition) is 3. The second-order valence-electron chi connectivity index (χ2n) is 2.75. The lowest BCUT2D eigenvalue weighted by molar-refractivity contribution is -0.128. The molecule has 3 nitrogen and oxygen atoms in total. The molecule has 2 rings (SSSR count). The quantitative estimate of drug-likeness (QED) is 0.413. The summed E-state index contributed by atoms with van der Waals surface area (Å²) in [6.45, 7) is 3.31. The molecule has 0 bridgehead atoms. The van der Waals surface area contributed by atoms with Gasteiger partial charge in [-0.05, 0) is 18.2 Å². The smallest absolute Gasteiger partial charge is 0.335 e. The van der Waals surface area contributed by atoms with E-state index in [0.29, 0.717) is 11.3 Å². The van der Waals surface area contributed by atoms with Crippen LogP contribution in [0.4, 0.5) is 0 Å². The van der Waals surface area contributed by atoms with Crippen molar-refractivity contribution in [1.82, 2.24) is 0 Å². The maximum atomic E-state index is 10.9. The molecule has 0 fully saturated rings. The molecule has 1 aromatic heterocycles. The van der Waals surface area contributed by atoms with Gasteiger partial charge in [-0.2, -0.15) is 0 Å². The maximum Gasteiger partial charge on any atom is 0.335 e. The van der Waals surface area contributed by atoms with Crippen LogP contribution in [0.2, 0.25) is 0 Å².